The second-order valence-corrected chi connectivity index (χ2v) is 6.81. The third kappa shape index (κ3) is 3.95. The molecule has 134 valence electrons. The molecule has 1 aromatic heterocycles. The molecule has 0 saturated carbocycles. The first-order chi connectivity index (χ1) is 12.1. The average molecular weight is 343 g/mol. The average Bonchev–Trinajstić information content (AvgIpc) is 3.04. The first-order valence-corrected chi connectivity index (χ1v) is 8.64. The van der Waals surface area contributed by atoms with E-state index in [0.717, 1.165) is 23.6 Å². The van der Waals surface area contributed by atoms with Crippen molar-refractivity contribution < 1.29 is 14.3 Å². The number of aromatic nitrogens is 2. The molecule has 1 aliphatic rings. The van der Waals surface area contributed by atoms with Crippen LogP contribution in [0, 0.1) is 11.8 Å². The quantitative estimate of drug-likeness (QED) is 0.875. The zero-order chi connectivity index (χ0) is 17.8. The van der Waals surface area contributed by atoms with Crippen LogP contribution in [0.15, 0.2) is 30.7 Å². The molecule has 0 unspecified atom stereocenters. The van der Waals surface area contributed by atoms with Crippen molar-refractivity contribution in [2.24, 2.45) is 11.8 Å². The van der Waals surface area contributed by atoms with Gasteiger partial charge in [-0.15, -0.1) is 0 Å². The third-order valence-corrected chi connectivity index (χ3v) is 4.35. The van der Waals surface area contributed by atoms with Gasteiger partial charge in [0.05, 0.1) is 31.6 Å². The Bertz CT molecular complexity index is 739. The van der Waals surface area contributed by atoms with Crippen molar-refractivity contribution in [3.8, 4) is 11.5 Å². The van der Waals surface area contributed by atoms with Crippen LogP contribution >= 0.6 is 0 Å². The Morgan fingerprint density at radius 2 is 2.32 bits per heavy atom. The largest absolute Gasteiger partial charge is 0.493 e. The van der Waals surface area contributed by atoms with E-state index < -0.39 is 0 Å². The van der Waals surface area contributed by atoms with Crippen molar-refractivity contribution >= 4 is 5.91 Å². The van der Waals surface area contributed by atoms with Gasteiger partial charge in [-0.1, -0.05) is 26.0 Å². The molecular formula is C19H25N3O3. The van der Waals surface area contributed by atoms with Crippen LogP contribution in [0.25, 0.3) is 0 Å². The van der Waals surface area contributed by atoms with Gasteiger partial charge >= 0.3 is 0 Å². The summed E-state index contributed by atoms with van der Waals surface area (Å²) in [7, 11) is 1.62. The number of nitrogens with zero attached hydrogens (tertiary/aromatic N) is 2. The number of imidazole rings is 1. The van der Waals surface area contributed by atoms with Crippen molar-refractivity contribution in [1.82, 2.24) is 14.9 Å². The van der Waals surface area contributed by atoms with Crippen molar-refractivity contribution in [2.45, 2.75) is 33.4 Å². The Hall–Kier alpha value is -2.50. The Kier molecular flexibility index (Phi) is 5.26. The second-order valence-electron chi connectivity index (χ2n) is 6.81. The number of nitrogens with one attached hydrogen (secondary N) is 1. The van der Waals surface area contributed by atoms with Crippen LogP contribution in [-0.2, 0) is 24.3 Å². The molecule has 1 aliphatic heterocycles. The minimum atomic E-state index is -0.193. The Morgan fingerprint density at radius 1 is 1.48 bits per heavy atom. The van der Waals surface area contributed by atoms with E-state index in [2.05, 4.69) is 28.7 Å². The molecular weight excluding hydrogens is 318 g/mol. The topological polar surface area (TPSA) is 65.4 Å². The lowest BCUT2D eigenvalue weighted by atomic mass is 9.95. The van der Waals surface area contributed by atoms with Crippen molar-refractivity contribution in [2.75, 3.05) is 13.7 Å². The number of ether oxygens (including phenoxy) is 2. The van der Waals surface area contributed by atoms with Crippen molar-refractivity contribution in [1.29, 1.82) is 0 Å². The summed E-state index contributed by atoms with van der Waals surface area (Å²) in [5, 5.41) is 3.02. The van der Waals surface area contributed by atoms with Crippen LogP contribution < -0.4 is 14.8 Å². The van der Waals surface area contributed by atoms with Crippen LogP contribution in [0.2, 0.25) is 0 Å². The van der Waals surface area contributed by atoms with Gasteiger partial charge in [0.1, 0.15) is 6.61 Å². The van der Waals surface area contributed by atoms with Crippen LogP contribution in [0.3, 0.4) is 0 Å². The molecule has 0 saturated heterocycles. The van der Waals surface area contributed by atoms with Gasteiger partial charge in [-0.2, -0.15) is 0 Å². The van der Waals surface area contributed by atoms with Crippen LogP contribution in [0.5, 0.6) is 11.5 Å². The first kappa shape index (κ1) is 17.3. The molecule has 0 aliphatic carbocycles. The van der Waals surface area contributed by atoms with E-state index in [4.69, 9.17) is 9.47 Å². The number of hydrogen-bond acceptors (Lipinski definition) is 4. The molecule has 1 N–H and O–H groups in total. The molecule has 0 fully saturated rings. The number of benzene rings is 1. The maximum atomic E-state index is 12.5. The second kappa shape index (κ2) is 7.59. The van der Waals surface area contributed by atoms with E-state index in [1.807, 2.05) is 24.5 Å². The standard InChI is InChI=1S/C19H25N3O3/c1-13(2)10-22-12-20-8-16(22)9-21-19(23)15-7-14-5-4-6-17(24-3)18(14)25-11-15/h4-6,8,12-13,15H,7,9-11H2,1-3H3,(H,21,23)/t15-/m0/s1. The lowest BCUT2D eigenvalue weighted by molar-refractivity contribution is -0.126. The molecule has 1 aromatic carbocycles. The molecule has 6 nitrogen and oxygen atoms in total. The fourth-order valence-electron chi connectivity index (χ4n) is 3.10. The SMILES string of the molecule is COc1cccc2c1OC[C@@H](C(=O)NCc1cncn1CC(C)C)C2. The smallest absolute Gasteiger partial charge is 0.227 e. The lowest BCUT2D eigenvalue weighted by Gasteiger charge is -2.25. The zero-order valence-corrected chi connectivity index (χ0v) is 15.0. The fourth-order valence-corrected chi connectivity index (χ4v) is 3.10. The van der Waals surface area contributed by atoms with Crippen molar-refractivity contribution in [3.63, 3.8) is 0 Å². The molecule has 0 radical (unpaired) electrons. The number of amides is 1. The summed E-state index contributed by atoms with van der Waals surface area (Å²) in [4.78, 5) is 16.7. The highest BCUT2D eigenvalue weighted by molar-refractivity contribution is 5.79. The van der Waals surface area contributed by atoms with Gasteiger partial charge in [0.25, 0.3) is 0 Å². The first-order valence-electron chi connectivity index (χ1n) is 8.64. The molecule has 0 spiro atoms. The molecule has 2 aromatic rings. The van der Waals surface area contributed by atoms with Gasteiger partial charge in [0, 0.05) is 12.7 Å². The summed E-state index contributed by atoms with van der Waals surface area (Å²) < 4.78 is 13.2. The summed E-state index contributed by atoms with van der Waals surface area (Å²) in [5.41, 5.74) is 2.02. The predicted octanol–water partition coefficient (Wildman–Crippen LogP) is 2.42. The van der Waals surface area contributed by atoms with Gasteiger partial charge in [-0.05, 0) is 24.0 Å². The fraction of sp³-hybridized carbons (Fsp3) is 0.474. The molecule has 25 heavy (non-hydrogen) atoms. The van der Waals surface area contributed by atoms with Crippen LogP contribution in [-0.4, -0.2) is 29.2 Å². The summed E-state index contributed by atoms with van der Waals surface area (Å²) in [6, 6.07) is 5.77. The van der Waals surface area contributed by atoms with E-state index >= 15 is 0 Å². The highest BCUT2D eigenvalue weighted by Gasteiger charge is 2.27. The number of hydrogen-bond donors (Lipinski definition) is 1. The molecule has 0 bridgehead atoms. The van der Waals surface area contributed by atoms with E-state index in [-0.39, 0.29) is 11.8 Å². The van der Waals surface area contributed by atoms with Crippen LogP contribution in [0.1, 0.15) is 25.1 Å². The van der Waals surface area contributed by atoms with E-state index in [1.54, 1.807) is 13.3 Å². The highest BCUT2D eigenvalue weighted by atomic mass is 16.5. The summed E-state index contributed by atoms with van der Waals surface area (Å²) in [5.74, 6) is 1.81. The van der Waals surface area contributed by atoms with Gasteiger partial charge in [0.2, 0.25) is 5.91 Å². The van der Waals surface area contributed by atoms with E-state index in [9.17, 15) is 4.79 Å². The van der Waals surface area contributed by atoms with Gasteiger partial charge < -0.3 is 19.4 Å². The monoisotopic (exact) mass is 343 g/mol. The molecule has 3 rings (SSSR count). The third-order valence-electron chi connectivity index (χ3n) is 4.35. The maximum absolute atomic E-state index is 12.5. The Balaban J connectivity index is 1.60. The van der Waals surface area contributed by atoms with Crippen molar-refractivity contribution in [3.05, 3.63) is 42.0 Å². The summed E-state index contributed by atoms with van der Waals surface area (Å²) >= 11 is 0. The molecule has 6 heteroatoms. The number of para-hydroxylation sites is 1. The van der Waals surface area contributed by atoms with E-state index in [1.165, 1.54) is 0 Å². The summed E-state index contributed by atoms with van der Waals surface area (Å²) in [6.45, 7) is 6.06. The maximum Gasteiger partial charge on any atom is 0.227 e. The number of methoxy groups -OCH3 is 1. The molecule has 1 atom stereocenters. The number of fused-ring (bicyclic) bond motifs is 1. The van der Waals surface area contributed by atoms with Gasteiger partial charge in [-0.3, -0.25) is 4.79 Å². The predicted molar refractivity (Wildman–Crippen MR) is 94.6 cm³/mol. The van der Waals surface area contributed by atoms with Gasteiger partial charge in [-0.25, -0.2) is 4.98 Å². The Labute approximate surface area is 148 Å². The molecule has 1 amide bonds. The highest BCUT2D eigenvalue weighted by Crippen LogP contribution is 2.36. The number of rotatable bonds is 6. The molecule has 2 heterocycles. The normalized spacial score (nSPS) is 16.2. The minimum Gasteiger partial charge on any atom is -0.493 e. The lowest BCUT2D eigenvalue weighted by Crippen LogP contribution is -2.37. The number of carbonyl (C=O) groups is 1. The van der Waals surface area contributed by atoms with Crippen LogP contribution in [0.4, 0.5) is 0 Å². The minimum absolute atomic E-state index is 0.00534. The Morgan fingerprint density at radius 3 is 3.08 bits per heavy atom. The zero-order valence-electron chi connectivity index (χ0n) is 15.0. The summed E-state index contributed by atoms with van der Waals surface area (Å²) in [6.07, 6.45) is 4.28. The van der Waals surface area contributed by atoms with E-state index in [0.29, 0.717) is 31.2 Å². The van der Waals surface area contributed by atoms with Gasteiger partial charge in [0.15, 0.2) is 11.5 Å². The number of carbonyl (C=O) groups excluding carboxylic acids is 1.